The maximum absolute atomic E-state index is 16.1. The number of carbonyl (C=O) groups is 1. The van der Waals surface area contributed by atoms with Crippen molar-refractivity contribution in [1.82, 2.24) is 29.7 Å². The molecule has 0 saturated heterocycles. The lowest BCUT2D eigenvalue weighted by Crippen LogP contribution is -2.51. The molecule has 9 nitrogen and oxygen atoms in total. The number of nitrogens with one attached hydrogen (secondary N) is 2. The molecule has 4 aromatic rings. The third-order valence-corrected chi connectivity index (χ3v) is 8.19. The van der Waals surface area contributed by atoms with E-state index in [1.54, 1.807) is 18.6 Å². The molecule has 3 N–H and O–H groups in total. The highest BCUT2D eigenvalue weighted by Crippen LogP contribution is 2.47. The van der Waals surface area contributed by atoms with Gasteiger partial charge in [0, 0.05) is 34.9 Å². The van der Waals surface area contributed by atoms with Crippen molar-refractivity contribution >= 4 is 22.8 Å². The molecule has 2 unspecified atom stereocenters. The van der Waals surface area contributed by atoms with E-state index in [9.17, 15) is 14.3 Å². The molecule has 4 heterocycles. The smallest absolute Gasteiger partial charge is 0.308 e. The number of halogens is 2. The fraction of sp³-hybridized carbons (Fsp3) is 0.423. The summed E-state index contributed by atoms with van der Waals surface area (Å²) in [5.41, 5.74) is 1.49. The Kier molecular flexibility index (Phi) is 5.02. The van der Waals surface area contributed by atoms with Crippen molar-refractivity contribution in [3.8, 4) is 22.6 Å². The minimum atomic E-state index is -0.870. The molecular formula is C26H25F2N7O2. The second-order valence-corrected chi connectivity index (χ2v) is 10.5. The van der Waals surface area contributed by atoms with Crippen LogP contribution >= 0.6 is 0 Å². The van der Waals surface area contributed by atoms with Crippen LogP contribution in [0.4, 0.5) is 14.6 Å². The largest absolute Gasteiger partial charge is 0.481 e. The van der Waals surface area contributed by atoms with Gasteiger partial charge in [0.25, 0.3) is 0 Å². The number of pyridine rings is 1. The molecule has 0 amide bonds. The number of aromatic nitrogens is 6. The summed E-state index contributed by atoms with van der Waals surface area (Å²) in [7, 11) is 0. The van der Waals surface area contributed by atoms with E-state index in [-0.39, 0.29) is 29.2 Å². The first-order chi connectivity index (χ1) is 18.0. The Morgan fingerprint density at radius 1 is 1.08 bits per heavy atom. The van der Waals surface area contributed by atoms with E-state index >= 15 is 4.39 Å². The number of carboxylic acid groups (broad SMARTS) is 1. The molecule has 0 aliphatic heterocycles. The van der Waals surface area contributed by atoms with Crippen LogP contribution in [0.3, 0.4) is 0 Å². The van der Waals surface area contributed by atoms with Gasteiger partial charge in [0.15, 0.2) is 17.5 Å². The van der Waals surface area contributed by atoms with Crippen molar-refractivity contribution in [3.63, 3.8) is 0 Å². The number of anilines is 1. The van der Waals surface area contributed by atoms with Crippen molar-refractivity contribution in [3.05, 3.63) is 42.5 Å². The fourth-order valence-corrected chi connectivity index (χ4v) is 6.19. The molecule has 4 saturated carbocycles. The Morgan fingerprint density at radius 2 is 1.86 bits per heavy atom. The number of nitrogens with zero attached hydrogens (tertiary/aromatic N) is 5. The summed E-state index contributed by atoms with van der Waals surface area (Å²) in [6, 6.07) is 1.21. The first kappa shape index (κ1) is 22.3. The summed E-state index contributed by atoms with van der Waals surface area (Å²) < 4.78 is 31.9. The number of hydrogen-bond acceptors (Lipinski definition) is 6. The first-order valence-electron chi connectivity index (χ1n) is 12.7. The SMILES string of the molecule is O=C(O)C1C2CCC(CC2)C1Nc1nc(-c2c[nH]c3ncc(F)cc23)nc(-c2cnn(C3CC3)c2)c1F. The van der Waals surface area contributed by atoms with Crippen molar-refractivity contribution in [2.24, 2.45) is 17.8 Å². The lowest BCUT2D eigenvalue weighted by molar-refractivity contribution is -0.148. The summed E-state index contributed by atoms with van der Waals surface area (Å²) in [5.74, 6) is -2.34. The predicted molar refractivity (Wildman–Crippen MR) is 131 cm³/mol. The molecule has 4 aliphatic rings. The molecule has 190 valence electrons. The summed E-state index contributed by atoms with van der Waals surface area (Å²) in [6.07, 6.45) is 11.7. The van der Waals surface area contributed by atoms with Gasteiger partial charge in [-0.05, 0) is 56.4 Å². The third-order valence-electron chi connectivity index (χ3n) is 8.19. The quantitative estimate of drug-likeness (QED) is 0.344. The highest BCUT2D eigenvalue weighted by atomic mass is 19.1. The zero-order valence-electron chi connectivity index (χ0n) is 19.9. The van der Waals surface area contributed by atoms with Gasteiger partial charge >= 0.3 is 5.97 Å². The van der Waals surface area contributed by atoms with Crippen LogP contribution in [-0.2, 0) is 4.79 Å². The monoisotopic (exact) mass is 505 g/mol. The van der Waals surface area contributed by atoms with Gasteiger partial charge < -0.3 is 15.4 Å². The van der Waals surface area contributed by atoms with E-state index in [4.69, 9.17) is 0 Å². The second kappa shape index (κ2) is 8.32. The topological polar surface area (TPSA) is 122 Å². The maximum atomic E-state index is 16.1. The molecular weight excluding hydrogens is 480 g/mol. The van der Waals surface area contributed by atoms with E-state index in [1.165, 1.54) is 6.07 Å². The lowest BCUT2D eigenvalue weighted by atomic mass is 9.61. The van der Waals surface area contributed by atoms with Gasteiger partial charge in [0.05, 0.1) is 24.4 Å². The molecule has 8 rings (SSSR count). The van der Waals surface area contributed by atoms with Gasteiger partial charge in [0.1, 0.15) is 17.2 Å². The Balaban J connectivity index is 1.36. The van der Waals surface area contributed by atoms with E-state index in [0.717, 1.165) is 44.7 Å². The number of carboxylic acids is 1. The van der Waals surface area contributed by atoms with Gasteiger partial charge in [0.2, 0.25) is 0 Å². The number of H-pyrrole nitrogens is 1. The van der Waals surface area contributed by atoms with Crippen molar-refractivity contribution < 1.29 is 18.7 Å². The van der Waals surface area contributed by atoms with Crippen LogP contribution < -0.4 is 5.32 Å². The average Bonchev–Trinajstić information content (AvgIpc) is 3.48. The Labute approximate surface area is 210 Å². The molecule has 0 radical (unpaired) electrons. The van der Waals surface area contributed by atoms with Crippen LogP contribution in [0.5, 0.6) is 0 Å². The fourth-order valence-electron chi connectivity index (χ4n) is 6.19. The van der Waals surface area contributed by atoms with Gasteiger partial charge in [-0.2, -0.15) is 5.10 Å². The Bertz CT molecular complexity index is 1520. The number of aromatic amines is 1. The van der Waals surface area contributed by atoms with Gasteiger partial charge in [-0.25, -0.2) is 23.7 Å². The van der Waals surface area contributed by atoms with Crippen LogP contribution in [0.15, 0.2) is 30.9 Å². The molecule has 4 aromatic heterocycles. The van der Waals surface area contributed by atoms with E-state index in [1.807, 2.05) is 4.68 Å². The van der Waals surface area contributed by atoms with E-state index < -0.39 is 29.6 Å². The third kappa shape index (κ3) is 3.75. The normalized spacial score (nSPS) is 25.0. The van der Waals surface area contributed by atoms with Crippen LogP contribution in [0.25, 0.3) is 33.7 Å². The Morgan fingerprint density at radius 3 is 2.62 bits per heavy atom. The average molecular weight is 506 g/mol. The van der Waals surface area contributed by atoms with Crippen LogP contribution in [0.2, 0.25) is 0 Å². The number of rotatable bonds is 6. The number of hydrogen-bond donors (Lipinski definition) is 3. The maximum Gasteiger partial charge on any atom is 0.308 e. The number of aliphatic carboxylic acids is 1. The van der Waals surface area contributed by atoms with Gasteiger partial charge in [-0.1, -0.05) is 0 Å². The van der Waals surface area contributed by atoms with Crippen molar-refractivity contribution in [2.75, 3.05) is 5.32 Å². The minimum Gasteiger partial charge on any atom is -0.481 e. The summed E-state index contributed by atoms with van der Waals surface area (Å²) >= 11 is 0. The molecule has 11 heteroatoms. The summed E-state index contributed by atoms with van der Waals surface area (Å²) in [4.78, 5) is 28.3. The van der Waals surface area contributed by atoms with Crippen LogP contribution in [0, 0.1) is 29.4 Å². The lowest BCUT2D eigenvalue weighted by Gasteiger charge is -2.47. The van der Waals surface area contributed by atoms with Crippen LogP contribution in [-0.4, -0.2) is 46.8 Å². The summed E-state index contributed by atoms with van der Waals surface area (Å²) in [6.45, 7) is 0. The molecule has 4 fully saturated rings. The van der Waals surface area contributed by atoms with Crippen LogP contribution in [0.1, 0.15) is 44.6 Å². The zero-order chi connectivity index (χ0) is 25.3. The highest BCUT2D eigenvalue weighted by molar-refractivity contribution is 5.92. The molecule has 2 bridgehead atoms. The summed E-state index contributed by atoms with van der Waals surface area (Å²) in [5, 5.41) is 18.0. The highest BCUT2D eigenvalue weighted by Gasteiger charge is 2.47. The minimum absolute atomic E-state index is 0.0540. The van der Waals surface area contributed by atoms with E-state index in [0.29, 0.717) is 28.2 Å². The van der Waals surface area contributed by atoms with E-state index in [2.05, 4.69) is 30.4 Å². The molecule has 4 aliphatic carbocycles. The van der Waals surface area contributed by atoms with Crippen molar-refractivity contribution in [1.29, 1.82) is 0 Å². The zero-order valence-corrected chi connectivity index (χ0v) is 19.9. The van der Waals surface area contributed by atoms with Gasteiger partial charge in [-0.3, -0.25) is 9.48 Å². The standard InChI is InChI=1S/C26H25F2N7O2/c27-15-7-17-18(10-30-23(17)29-9-15)24-33-22(14-8-31-35(11-14)16-5-6-16)20(28)25(34-24)32-21-13-3-1-12(2-4-13)19(21)26(36)37/h7-13,16,19,21H,1-6H2,(H,29,30)(H,36,37)(H,32,33,34). The second-order valence-electron chi connectivity index (χ2n) is 10.5. The van der Waals surface area contributed by atoms with Crippen molar-refractivity contribution in [2.45, 2.75) is 50.6 Å². The molecule has 0 spiro atoms. The predicted octanol–water partition coefficient (Wildman–Crippen LogP) is 4.80. The Hall–Kier alpha value is -3.89. The van der Waals surface area contributed by atoms with Gasteiger partial charge in [-0.15, -0.1) is 0 Å². The molecule has 37 heavy (non-hydrogen) atoms. The first-order valence-corrected chi connectivity index (χ1v) is 12.7. The molecule has 0 aromatic carbocycles. The number of fused-ring (bicyclic) bond motifs is 4. The molecule has 2 atom stereocenters.